The van der Waals surface area contributed by atoms with Crippen LogP contribution in [0, 0.1) is 5.41 Å². The summed E-state index contributed by atoms with van der Waals surface area (Å²) in [4.78, 5) is 13.4. The van der Waals surface area contributed by atoms with Crippen molar-refractivity contribution in [2.75, 3.05) is 32.8 Å². The molecule has 4 nitrogen and oxygen atoms in total. The molecule has 4 heteroatoms. The van der Waals surface area contributed by atoms with Crippen LogP contribution in [0.15, 0.2) is 0 Å². The highest BCUT2D eigenvalue weighted by Crippen LogP contribution is 2.33. The second-order valence-corrected chi connectivity index (χ2v) is 5.12. The molecule has 1 aliphatic carbocycles. The maximum absolute atomic E-state index is 11.4. The van der Waals surface area contributed by atoms with Gasteiger partial charge in [-0.2, -0.15) is 0 Å². The molecule has 100 valence electrons. The molecule has 0 bridgehead atoms. The van der Waals surface area contributed by atoms with Gasteiger partial charge in [0.1, 0.15) is 6.29 Å². The second kappa shape index (κ2) is 7.80. The number of carbonyl (C=O) groups is 1. The van der Waals surface area contributed by atoms with Crippen LogP contribution in [0.5, 0.6) is 0 Å². The maximum atomic E-state index is 11.4. The summed E-state index contributed by atoms with van der Waals surface area (Å²) in [5, 5.41) is 18.0. The quantitative estimate of drug-likeness (QED) is 0.513. The first-order chi connectivity index (χ1) is 8.26. The lowest BCUT2D eigenvalue weighted by atomic mass is 9.81. The summed E-state index contributed by atoms with van der Waals surface area (Å²) in [6.07, 6.45) is 7.68. The number of aldehydes is 1. The van der Waals surface area contributed by atoms with E-state index in [-0.39, 0.29) is 18.6 Å². The fourth-order valence-corrected chi connectivity index (χ4v) is 2.74. The van der Waals surface area contributed by atoms with Gasteiger partial charge in [-0.1, -0.05) is 25.7 Å². The van der Waals surface area contributed by atoms with Gasteiger partial charge in [0.05, 0.1) is 13.2 Å². The van der Waals surface area contributed by atoms with E-state index in [4.69, 9.17) is 10.2 Å². The molecule has 0 radical (unpaired) electrons. The minimum Gasteiger partial charge on any atom is -0.395 e. The lowest BCUT2D eigenvalue weighted by molar-refractivity contribution is -0.118. The first kappa shape index (κ1) is 14.6. The van der Waals surface area contributed by atoms with Crippen molar-refractivity contribution in [3.63, 3.8) is 0 Å². The molecule has 0 aromatic rings. The predicted molar refractivity (Wildman–Crippen MR) is 66.8 cm³/mol. The molecular weight excluding hydrogens is 218 g/mol. The molecule has 1 aliphatic rings. The zero-order chi connectivity index (χ0) is 12.6. The highest BCUT2D eigenvalue weighted by molar-refractivity contribution is 5.59. The molecule has 0 spiro atoms. The van der Waals surface area contributed by atoms with Crippen LogP contribution in [0.3, 0.4) is 0 Å². The second-order valence-electron chi connectivity index (χ2n) is 5.12. The standard InChI is InChI=1S/C13H25NO3/c15-9-7-14(8-10-16)11-13(12-17)5-3-1-2-4-6-13/h12,15-16H,1-11H2. The first-order valence-electron chi connectivity index (χ1n) is 6.67. The molecule has 0 aliphatic heterocycles. The Morgan fingerprint density at radius 2 is 1.53 bits per heavy atom. The lowest BCUT2D eigenvalue weighted by Gasteiger charge is -2.33. The van der Waals surface area contributed by atoms with Crippen LogP contribution >= 0.6 is 0 Å². The van der Waals surface area contributed by atoms with E-state index in [1.807, 2.05) is 4.90 Å². The highest BCUT2D eigenvalue weighted by atomic mass is 16.3. The normalized spacial score (nSPS) is 20.2. The van der Waals surface area contributed by atoms with Gasteiger partial charge in [-0.15, -0.1) is 0 Å². The molecule has 0 unspecified atom stereocenters. The Balaban J connectivity index is 2.59. The fourth-order valence-electron chi connectivity index (χ4n) is 2.74. The molecule has 0 aromatic heterocycles. The summed E-state index contributed by atoms with van der Waals surface area (Å²) in [6.45, 7) is 1.91. The number of nitrogens with zero attached hydrogens (tertiary/aromatic N) is 1. The van der Waals surface area contributed by atoms with Crippen molar-refractivity contribution >= 4 is 6.29 Å². The van der Waals surface area contributed by atoms with Crippen LogP contribution in [0.4, 0.5) is 0 Å². The average molecular weight is 243 g/mol. The summed E-state index contributed by atoms with van der Waals surface area (Å²) in [6, 6.07) is 0. The number of aliphatic hydroxyl groups is 2. The summed E-state index contributed by atoms with van der Waals surface area (Å²) in [5.41, 5.74) is -0.249. The Labute approximate surface area is 104 Å². The monoisotopic (exact) mass is 243 g/mol. The van der Waals surface area contributed by atoms with Gasteiger partial charge in [-0.3, -0.25) is 4.90 Å². The van der Waals surface area contributed by atoms with E-state index < -0.39 is 0 Å². The summed E-state index contributed by atoms with van der Waals surface area (Å²) in [5.74, 6) is 0. The molecule has 1 rings (SSSR count). The van der Waals surface area contributed by atoms with Crippen molar-refractivity contribution in [1.29, 1.82) is 0 Å². The van der Waals surface area contributed by atoms with Gasteiger partial charge in [0, 0.05) is 25.0 Å². The van der Waals surface area contributed by atoms with Gasteiger partial charge in [0.2, 0.25) is 0 Å². The van der Waals surface area contributed by atoms with E-state index in [0.29, 0.717) is 19.6 Å². The molecule has 1 saturated carbocycles. The van der Waals surface area contributed by atoms with Gasteiger partial charge < -0.3 is 15.0 Å². The Hall–Kier alpha value is -0.450. The molecule has 1 fully saturated rings. The van der Waals surface area contributed by atoms with Crippen LogP contribution in [-0.4, -0.2) is 54.2 Å². The van der Waals surface area contributed by atoms with Crippen molar-refractivity contribution < 1.29 is 15.0 Å². The molecule has 0 amide bonds. The van der Waals surface area contributed by atoms with Gasteiger partial charge in [-0.05, 0) is 12.8 Å². The smallest absolute Gasteiger partial charge is 0.127 e. The van der Waals surface area contributed by atoms with E-state index >= 15 is 0 Å². The largest absolute Gasteiger partial charge is 0.395 e. The van der Waals surface area contributed by atoms with Crippen LogP contribution in [0.2, 0.25) is 0 Å². The molecule has 0 aromatic carbocycles. The average Bonchev–Trinajstić information content (AvgIpc) is 2.56. The zero-order valence-electron chi connectivity index (χ0n) is 10.6. The molecule has 17 heavy (non-hydrogen) atoms. The van der Waals surface area contributed by atoms with Gasteiger partial charge in [-0.25, -0.2) is 0 Å². The van der Waals surface area contributed by atoms with Gasteiger partial charge in [0.15, 0.2) is 0 Å². The van der Waals surface area contributed by atoms with Gasteiger partial charge >= 0.3 is 0 Å². The summed E-state index contributed by atoms with van der Waals surface area (Å²) in [7, 11) is 0. The van der Waals surface area contributed by atoms with E-state index in [1.165, 1.54) is 12.8 Å². The van der Waals surface area contributed by atoms with E-state index in [2.05, 4.69) is 0 Å². The summed E-state index contributed by atoms with van der Waals surface area (Å²) >= 11 is 0. The molecule has 0 heterocycles. The van der Waals surface area contributed by atoms with Crippen LogP contribution in [-0.2, 0) is 4.79 Å². The third kappa shape index (κ3) is 4.74. The predicted octanol–water partition coefficient (Wildman–Crippen LogP) is 0.812. The zero-order valence-corrected chi connectivity index (χ0v) is 10.6. The third-order valence-electron chi connectivity index (χ3n) is 3.72. The topological polar surface area (TPSA) is 60.8 Å². The summed E-state index contributed by atoms with van der Waals surface area (Å²) < 4.78 is 0. The SMILES string of the molecule is O=CC1(CN(CCO)CCO)CCCCCC1. The minimum atomic E-state index is -0.249. The van der Waals surface area contributed by atoms with Crippen molar-refractivity contribution in [3.8, 4) is 0 Å². The van der Waals surface area contributed by atoms with Crippen molar-refractivity contribution in [2.24, 2.45) is 5.41 Å². The highest BCUT2D eigenvalue weighted by Gasteiger charge is 2.32. The Bertz CT molecular complexity index is 207. The Kier molecular flexibility index (Phi) is 6.70. The van der Waals surface area contributed by atoms with Crippen LogP contribution in [0.25, 0.3) is 0 Å². The first-order valence-corrected chi connectivity index (χ1v) is 6.67. The maximum Gasteiger partial charge on any atom is 0.127 e. The lowest BCUT2D eigenvalue weighted by Crippen LogP contribution is -2.41. The molecular formula is C13H25NO3. The number of carbonyl (C=O) groups excluding carboxylic acids is 1. The molecule has 2 N–H and O–H groups in total. The van der Waals surface area contributed by atoms with Gasteiger partial charge in [0.25, 0.3) is 0 Å². The fraction of sp³-hybridized carbons (Fsp3) is 0.923. The van der Waals surface area contributed by atoms with Crippen molar-refractivity contribution in [2.45, 2.75) is 38.5 Å². The Morgan fingerprint density at radius 1 is 1.00 bits per heavy atom. The van der Waals surface area contributed by atoms with E-state index in [0.717, 1.165) is 32.0 Å². The van der Waals surface area contributed by atoms with E-state index in [1.54, 1.807) is 0 Å². The molecule has 0 atom stereocenters. The Morgan fingerprint density at radius 3 is 1.94 bits per heavy atom. The van der Waals surface area contributed by atoms with Crippen molar-refractivity contribution in [3.05, 3.63) is 0 Å². The third-order valence-corrected chi connectivity index (χ3v) is 3.72. The van der Waals surface area contributed by atoms with Crippen molar-refractivity contribution in [1.82, 2.24) is 4.90 Å². The number of rotatable bonds is 7. The number of hydrogen-bond donors (Lipinski definition) is 2. The number of hydrogen-bond acceptors (Lipinski definition) is 4. The van der Waals surface area contributed by atoms with Crippen LogP contribution in [0.1, 0.15) is 38.5 Å². The van der Waals surface area contributed by atoms with E-state index in [9.17, 15) is 4.79 Å². The van der Waals surface area contributed by atoms with Crippen LogP contribution < -0.4 is 0 Å². The minimum absolute atomic E-state index is 0.0783. The molecule has 0 saturated heterocycles. The number of aliphatic hydroxyl groups excluding tert-OH is 2.